The monoisotopic (exact) mass is 531 g/mol. The van der Waals surface area contributed by atoms with Crippen LogP contribution >= 0.6 is 23.4 Å². The Balaban J connectivity index is 1.79. The van der Waals surface area contributed by atoms with Gasteiger partial charge in [0.25, 0.3) is 5.91 Å². The first-order valence-corrected chi connectivity index (χ1v) is 13.6. The average Bonchev–Trinajstić information content (AvgIpc) is 3.45. The topological polar surface area (TPSA) is 81.2 Å². The van der Waals surface area contributed by atoms with Crippen LogP contribution in [0.4, 0.5) is 5.69 Å². The van der Waals surface area contributed by atoms with Gasteiger partial charge in [-0.2, -0.15) is 0 Å². The summed E-state index contributed by atoms with van der Waals surface area (Å²) in [5.74, 6) is -1.43. The van der Waals surface area contributed by atoms with E-state index in [4.69, 9.17) is 11.6 Å². The highest BCUT2D eigenvalue weighted by Gasteiger charge is 2.76. The molecule has 1 aromatic carbocycles. The number of carbonyl (C=O) groups is 3. The van der Waals surface area contributed by atoms with Crippen LogP contribution in [-0.4, -0.2) is 82.0 Å². The second-order valence-electron chi connectivity index (χ2n) is 9.88. The molecule has 0 aliphatic carbocycles. The van der Waals surface area contributed by atoms with Crippen LogP contribution in [0.5, 0.6) is 0 Å². The first-order chi connectivity index (χ1) is 17.2. The van der Waals surface area contributed by atoms with Crippen molar-refractivity contribution in [1.29, 1.82) is 0 Å². The maximum atomic E-state index is 14.4. The summed E-state index contributed by atoms with van der Waals surface area (Å²) in [5, 5.41) is 10.1. The zero-order valence-corrected chi connectivity index (χ0v) is 22.4. The molecule has 6 atom stereocenters. The molecule has 0 aromatic heterocycles. The van der Waals surface area contributed by atoms with E-state index in [1.165, 1.54) is 0 Å². The zero-order valence-electron chi connectivity index (χ0n) is 20.8. The molecular weight excluding hydrogens is 498 g/mol. The fourth-order valence-corrected chi connectivity index (χ4v) is 8.86. The van der Waals surface area contributed by atoms with Crippen LogP contribution < -0.4 is 4.90 Å². The first-order valence-electron chi connectivity index (χ1n) is 12.4. The molecule has 7 nitrogen and oxygen atoms in total. The highest BCUT2D eigenvalue weighted by molar-refractivity contribution is 8.02. The number of hydrogen-bond donors (Lipinski definition) is 1. The standard InChI is InChI=1S/C27H34ClN3O4S/c1-5-12-29(4)24(33)21-20-16-17(3)27(36-20)22(21)25(34)31(14-7-15-32)23(27)26(35)30(13-6-2)19-10-8-18(28)9-11-19/h5-6,8-11,17,20-23,32H,1-2,7,12-16H2,3-4H3/t17?,20-,21+,22-,23?,27?/m0/s1. The van der Waals surface area contributed by atoms with Crippen LogP contribution in [-0.2, 0) is 14.4 Å². The molecule has 4 rings (SSSR count). The fraction of sp³-hybridized carbons (Fsp3) is 0.519. The zero-order chi connectivity index (χ0) is 26.2. The lowest BCUT2D eigenvalue weighted by Crippen LogP contribution is -2.57. The number of aliphatic hydroxyl groups is 1. The minimum atomic E-state index is -0.746. The van der Waals surface area contributed by atoms with Gasteiger partial charge in [0.15, 0.2) is 0 Å². The Morgan fingerprint density at radius 3 is 2.50 bits per heavy atom. The number of fused-ring (bicyclic) bond motifs is 1. The van der Waals surface area contributed by atoms with Gasteiger partial charge in [-0.1, -0.05) is 30.7 Å². The number of benzene rings is 1. The lowest BCUT2D eigenvalue weighted by molar-refractivity contribution is -0.143. The molecule has 3 heterocycles. The molecule has 2 bridgehead atoms. The molecule has 36 heavy (non-hydrogen) atoms. The molecule has 194 valence electrons. The number of amides is 3. The van der Waals surface area contributed by atoms with Gasteiger partial charge in [0.2, 0.25) is 11.8 Å². The lowest BCUT2D eigenvalue weighted by atomic mass is 9.65. The second kappa shape index (κ2) is 10.6. The quantitative estimate of drug-likeness (QED) is 0.469. The van der Waals surface area contributed by atoms with Crippen molar-refractivity contribution < 1.29 is 19.5 Å². The van der Waals surface area contributed by atoms with Gasteiger partial charge in [-0.15, -0.1) is 24.9 Å². The predicted octanol–water partition coefficient (Wildman–Crippen LogP) is 3.22. The van der Waals surface area contributed by atoms with Gasteiger partial charge >= 0.3 is 0 Å². The van der Waals surface area contributed by atoms with Crippen molar-refractivity contribution >= 4 is 46.8 Å². The van der Waals surface area contributed by atoms with Crippen molar-refractivity contribution in [2.75, 3.05) is 38.2 Å². The Morgan fingerprint density at radius 1 is 1.22 bits per heavy atom. The summed E-state index contributed by atoms with van der Waals surface area (Å²) >= 11 is 7.74. The number of aliphatic hydroxyl groups excluding tert-OH is 1. The third-order valence-electron chi connectivity index (χ3n) is 7.82. The number of anilines is 1. The van der Waals surface area contributed by atoms with E-state index in [0.29, 0.717) is 23.7 Å². The molecule has 3 aliphatic rings. The summed E-state index contributed by atoms with van der Waals surface area (Å²) in [6.45, 7) is 10.5. The van der Waals surface area contributed by atoms with Crippen molar-refractivity contribution in [2.24, 2.45) is 17.8 Å². The Hall–Kier alpha value is -2.29. The SMILES string of the molecule is C=CCN(C)C(=O)[C@@H]1[C@@H]2CC(C)C3(S2)C(C(=O)N(CC=C)c2ccc(Cl)cc2)N(CCCO)C(=O)[C@H]13. The average molecular weight is 532 g/mol. The van der Waals surface area contributed by atoms with Crippen molar-refractivity contribution in [3.05, 3.63) is 54.6 Å². The van der Waals surface area contributed by atoms with Crippen LogP contribution in [0.1, 0.15) is 19.8 Å². The molecule has 0 radical (unpaired) electrons. The Labute approximate surface area is 222 Å². The van der Waals surface area contributed by atoms with E-state index in [-0.39, 0.29) is 48.6 Å². The molecule has 3 aliphatic heterocycles. The molecule has 3 amide bonds. The number of halogens is 1. The van der Waals surface area contributed by atoms with Gasteiger partial charge in [-0.3, -0.25) is 14.4 Å². The fourth-order valence-electron chi connectivity index (χ4n) is 6.32. The lowest BCUT2D eigenvalue weighted by Gasteiger charge is -2.41. The summed E-state index contributed by atoms with van der Waals surface area (Å²) in [7, 11) is 1.73. The van der Waals surface area contributed by atoms with E-state index in [1.807, 2.05) is 0 Å². The minimum Gasteiger partial charge on any atom is -0.396 e. The molecular formula is C27H34ClN3O4S. The summed E-state index contributed by atoms with van der Waals surface area (Å²) in [6.07, 6.45) is 4.47. The molecule has 3 saturated heterocycles. The number of rotatable bonds is 10. The molecule has 0 saturated carbocycles. The Bertz CT molecular complexity index is 1050. The number of thioether (sulfide) groups is 1. The molecule has 3 fully saturated rings. The third kappa shape index (κ3) is 4.17. The van der Waals surface area contributed by atoms with Crippen LogP contribution in [0, 0.1) is 17.8 Å². The highest BCUT2D eigenvalue weighted by Crippen LogP contribution is 2.68. The van der Waals surface area contributed by atoms with Crippen molar-refractivity contribution in [1.82, 2.24) is 9.80 Å². The summed E-state index contributed by atoms with van der Waals surface area (Å²) in [5.41, 5.74) is 0.669. The number of carbonyl (C=O) groups excluding carboxylic acids is 3. The number of likely N-dealkylation sites (tertiary alicyclic amines) is 1. The second-order valence-corrected chi connectivity index (χ2v) is 11.9. The van der Waals surface area contributed by atoms with Crippen molar-refractivity contribution in [3.8, 4) is 0 Å². The van der Waals surface area contributed by atoms with E-state index in [1.54, 1.807) is 69.9 Å². The van der Waals surface area contributed by atoms with Gasteiger partial charge in [-0.05, 0) is 43.0 Å². The first kappa shape index (κ1) is 26.8. The van der Waals surface area contributed by atoms with E-state index in [2.05, 4.69) is 20.1 Å². The molecule has 3 unspecified atom stereocenters. The van der Waals surface area contributed by atoms with Crippen molar-refractivity contribution in [3.63, 3.8) is 0 Å². The van der Waals surface area contributed by atoms with Gasteiger partial charge in [-0.25, -0.2) is 0 Å². The van der Waals surface area contributed by atoms with Crippen LogP contribution in [0.25, 0.3) is 0 Å². The number of hydrogen-bond acceptors (Lipinski definition) is 5. The summed E-state index contributed by atoms with van der Waals surface area (Å²) in [6, 6.07) is 6.28. The van der Waals surface area contributed by atoms with Gasteiger partial charge in [0.05, 0.1) is 16.6 Å². The molecule has 9 heteroatoms. The number of likely N-dealkylation sites (N-methyl/N-ethyl adjacent to an activating group) is 1. The Kier molecular flexibility index (Phi) is 7.88. The Morgan fingerprint density at radius 2 is 1.89 bits per heavy atom. The highest BCUT2D eigenvalue weighted by atomic mass is 35.5. The molecule has 1 N–H and O–H groups in total. The van der Waals surface area contributed by atoms with E-state index < -0.39 is 22.6 Å². The summed E-state index contributed by atoms with van der Waals surface area (Å²) < 4.78 is -0.713. The maximum Gasteiger partial charge on any atom is 0.251 e. The molecule has 1 spiro atoms. The van der Waals surface area contributed by atoms with Gasteiger partial charge in [0.1, 0.15) is 6.04 Å². The number of nitrogens with zero attached hydrogens (tertiary/aromatic N) is 3. The maximum absolute atomic E-state index is 14.4. The van der Waals surface area contributed by atoms with Crippen LogP contribution in [0.15, 0.2) is 49.6 Å². The molecule has 1 aromatic rings. The van der Waals surface area contributed by atoms with E-state index in [9.17, 15) is 19.5 Å². The van der Waals surface area contributed by atoms with Crippen molar-refractivity contribution in [2.45, 2.75) is 35.8 Å². The smallest absolute Gasteiger partial charge is 0.251 e. The van der Waals surface area contributed by atoms with E-state index >= 15 is 0 Å². The normalized spacial score (nSPS) is 30.3. The van der Waals surface area contributed by atoms with Crippen LogP contribution in [0.3, 0.4) is 0 Å². The van der Waals surface area contributed by atoms with E-state index in [0.717, 1.165) is 6.42 Å². The third-order valence-corrected chi connectivity index (χ3v) is 10.1. The summed E-state index contributed by atoms with van der Waals surface area (Å²) in [4.78, 5) is 46.8. The minimum absolute atomic E-state index is 0.0209. The largest absolute Gasteiger partial charge is 0.396 e. The predicted molar refractivity (Wildman–Crippen MR) is 144 cm³/mol. The van der Waals surface area contributed by atoms with Crippen LogP contribution in [0.2, 0.25) is 5.02 Å². The van der Waals surface area contributed by atoms with Gasteiger partial charge in [0, 0.05) is 49.2 Å². The van der Waals surface area contributed by atoms with Gasteiger partial charge < -0.3 is 19.8 Å².